The Morgan fingerprint density at radius 3 is 2.74 bits per heavy atom. The SMILES string of the molecule is Cc1cccn2cc(-c3ccc(NCc4ccns4)cc3)nc12. The molecule has 0 unspecified atom stereocenters. The number of rotatable bonds is 4. The Morgan fingerprint density at radius 2 is 2.00 bits per heavy atom. The van der Waals surface area contributed by atoms with Crippen molar-refractivity contribution in [3.63, 3.8) is 0 Å². The van der Waals surface area contributed by atoms with Crippen molar-refractivity contribution in [3.05, 3.63) is 71.5 Å². The van der Waals surface area contributed by atoms with E-state index in [1.807, 2.05) is 24.5 Å². The average Bonchev–Trinajstić information content (AvgIpc) is 3.23. The van der Waals surface area contributed by atoms with Gasteiger partial charge in [-0.25, -0.2) is 9.36 Å². The first-order chi connectivity index (χ1) is 11.3. The molecule has 0 aliphatic heterocycles. The third-order valence-corrected chi connectivity index (χ3v) is 4.56. The van der Waals surface area contributed by atoms with Gasteiger partial charge in [0.25, 0.3) is 0 Å². The maximum atomic E-state index is 4.73. The zero-order chi connectivity index (χ0) is 15.6. The van der Waals surface area contributed by atoms with Gasteiger partial charge in [0, 0.05) is 34.7 Å². The molecule has 5 heteroatoms. The van der Waals surface area contributed by atoms with Crippen molar-refractivity contribution in [1.29, 1.82) is 0 Å². The number of nitrogens with zero attached hydrogens (tertiary/aromatic N) is 3. The van der Waals surface area contributed by atoms with Gasteiger partial charge in [0.1, 0.15) is 5.65 Å². The molecule has 0 atom stereocenters. The number of pyridine rings is 1. The summed E-state index contributed by atoms with van der Waals surface area (Å²) >= 11 is 1.52. The first-order valence-corrected chi connectivity index (χ1v) is 8.25. The molecule has 23 heavy (non-hydrogen) atoms. The molecule has 4 rings (SSSR count). The third kappa shape index (κ3) is 2.83. The molecule has 0 saturated heterocycles. The lowest BCUT2D eigenvalue weighted by atomic mass is 10.1. The van der Waals surface area contributed by atoms with Crippen molar-refractivity contribution in [1.82, 2.24) is 13.8 Å². The fourth-order valence-corrected chi connectivity index (χ4v) is 3.09. The predicted molar refractivity (Wildman–Crippen MR) is 94.8 cm³/mol. The monoisotopic (exact) mass is 320 g/mol. The van der Waals surface area contributed by atoms with Crippen molar-refractivity contribution >= 4 is 22.9 Å². The summed E-state index contributed by atoms with van der Waals surface area (Å²) in [6.07, 6.45) is 5.93. The summed E-state index contributed by atoms with van der Waals surface area (Å²) in [6, 6.07) is 14.5. The van der Waals surface area contributed by atoms with E-state index in [0.717, 1.165) is 29.1 Å². The van der Waals surface area contributed by atoms with Gasteiger partial charge in [-0.15, -0.1) is 0 Å². The van der Waals surface area contributed by atoms with Crippen LogP contribution in [0.3, 0.4) is 0 Å². The molecule has 4 aromatic rings. The van der Waals surface area contributed by atoms with E-state index in [9.17, 15) is 0 Å². The Balaban J connectivity index is 1.55. The van der Waals surface area contributed by atoms with Gasteiger partial charge < -0.3 is 9.72 Å². The molecule has 0 spiro atoms. The van der Waals surface area contributed by atoms with Crippen molar-refractivity contribution in [2.45, 2.75) is 13.5 Å². The van der Waals surface area contributed by atoms with E-state index in [-0.39, 0.29) is 0 Å². The number of anilines is 1. The Morgan fingerprint density at radius 1 is 1.13 bits per heavy atom. The summed E-state index contributed by atoms with van der Waals surface area (Å²) in [5, 5.41) is 3.41. The topological polar surface area (TPSA) is 42.2 Å². The van der Waals surface area contributed by atoms with Crippen LogP contribution in [0.2, 0.25) is 0 Å². The Bertz CT molecular complexity index is 923. The van der Waals surface area contributed by atoms with Gasteiger partial charge >= 0.3 is 0 Å². The number of fused-ring (bicyclic) bond motifs is 1. The molecule has 3 aromatic heterocycles. The maximum absolute atomic E-state index is 4.73. The minimum atomic E-state index is 0.803. The summed E-state index contributed by atoms with van der Waals surface area (Å²) < 4.78 is 6.18. The minimum Gasteiger partial charge on any atom is -0.380 e. The summed E-state index contributed by atoms with van der Waals surface area (Å²) in [5.74, 6) is 0. The maximum Gasteiger partial charge on any atom is 0.140 e. The summed E-state index contributed by atoms with van der Waals surface area (Å²) in [6.45, 7) is 2.89. The number of aromatic nitrogens is 3. The number of hydrogen-bond donors (Lipinski definition) is 1. The number of benzene rings is 1. The van der Waals surface area contributed by atoms with Crippen molar-refractivity contribution < 1.29 is 0 Å². The molecule has 0 aliphatic rings. The minimum absolute atomic E-state index is 0.803. The predicted octanol–water partition coefficient (Wildman–Crippen LogP) is 4.38. The number of hydrogen-bond acceptors (Lipinski definition) is 4. The van der Waals surface area contributed by atoms with Crippen LogP contribution < -0.4 is 5.32 Å². The fraction of sp³-hybridized carbons (Fsp3) is 0.111. The molecule has 0 aliphatic carbocycles. The molecule has 0 fully saturated rings. The van der Waals surface area contributed by atoms with Crippen LogP contribution in [0.15, 0.2) is 61.1 Å². The molecule has 114 valence electrons. The quantitative estimate of drug-likeness (QED) is 0.607. The van der Waals surface area contributed by atoms with E-state index in [4.69, 9.17) is 4.98 Å². The van der Waals surface area contributed by atoms with E-state index >= 15 is 0 Å². The van der Waals surface area contributed by atoms with Gasteiger partial charge in [-0.3, -0.25) is 0 Å². The lowest BCUT2D eigenvalue weighted by molar-refractivity contribution is 1.16. The van der Waals surface area contributed by atoms with E-state index in [0.29, 0.717) is 0 Å². The van der Waals surface area contributed by atoms with Gasteiger partial charge in [0.2, 0.25) is 0 Å². The average molecular weight is 320 g/mol. The second kappa shape index (κ2) is 5.85. The smallest absolute Gasteiger partial charge is 0.140 e. The number of imidazole rings is 1. The Kier molecular flexibility index (Phi) is 3.55. The molecule has 0 radical (unpaired) electrons. The van der Waals surface area contributed by atoms with E-state index in [2.05, 4.69) is 57.5 Å². The molecule has 0 bridgehead atoms. The molecular weight excluding hydrogens is 304 g/mol. The summed E-state index contributed by atoms with van der Waals surface area (Å²) in [5.41, 5.74) is 5.41. The van der Waals surface area contributed by atoms with E-state index in [1.54, 1.807) is 0 Å². The highest BCUT2D eigenvalue weighted by Gasteiger charge is 2.06. The van der Waals surface area contributed by atoms with Crippen LogP contribution in [0.5, 0.6) is 0 Å². The highest BCUT2D eigenvalue weighted by molar-refractivity contribution is 7.05. The lowest BCUT2D eigenvalue weighted by Gasteiger charge is -2.05. The first-order valence-electron chi connectivity index (χ1n) is 7.48. The zero-order valence-electron chi connectivity index (χ0n) is 12.7. The Hall–Kier alpha value is -2.66. The lowest BCUT2D eigenvalue weighted by Crippen LogP contribution is -1.96. The van der Waals surface area contributed by atoms with Crippen LogP contribution in [0.1, 0.15) is 10.4 Å². The largest absolute Gasteiger partial charge is 0.380 e. The molecule has 1 N–H and O–H groups in total. The molecule has 3 heterocycles. The normalized spacial score (nSPS) is 11.0. The molecule has 1 aromatic carbocycles. The first kappa shape index (κ1) is 14.0. The Labute approximate surface area is 138 Å². The van der Waals surface area contributed by atoms with Crippen LogP contribution in [0.4, 0.5) is 5.69 Å². The molecule has 0 saturated carbocycles. The highest BCUT2D eigenvalue weighted by Crippen LogP contribution is 2.22. The standard InChI is InChI=1S/C18H16N4S/c1-13-3-2-10-22-12-17(21-18(13)22)14-4-6-15(7-5-14)19-11-16-8-9-20-23-16/h2-10,12,19H,11H2,1H3. The van der Waals surface area contributed by atoms with E-state index in [1.165, 1.54) is 22.0 Å². The van der Waals surface area contributed by atoms with Crippen LogP contribution in [-0.4, -0.2) is 13.8 Å². The van der Waals surface area contributed by atoms with Crippen LogP contribution >= 0.6 is 11.5 Å². The van der Waals surface area contributed by atoms with Gasteiger partial charge in [-0.1, -0.05) is 18.2 Å². The van der Waals surface area contributed by atoms with Crippen LogP contribution in [-0.2, 0) is 6.54 Å². The van der Waals surface area contributed by atoms with Crippen LogP contribution in [0, 0.1) is 6.92 Å². The van der Waals surface area contributed by atoms with Gasteiger partial charge in [-0.05, 0) is 48.3 Å². The molecule has 0 amide bonds. The fourth-order valence-electron chi connectivity index (χ4n) is 2.57. The molecular formula is C18H16N4S. The van der Waals surface area contributed by atoms with Gasteiger partial charge in [0.05, 0.1) is 12.2 Å². The van der Waals surface area contributed by atoms with E-state index < -0.39 is 0 Å². The summed E-state index contributed by atoms with van der Waals surface area (Å²) in [4.78, 5) is 5.96. The van der Waals surface area contributed by atoms with Crippen molar-refractivity contribution in [2.24, 2.45) is 0 Å². The summed E-state index contributed by atoms with van der Waals surface area (Å²) in [7, 11) is 0. The third-order valence-electron chi connectivity index (χ3n) is 3.82. The molecule has 4 nitrogen and oxygen atoms in total. The number of nitrogens with one attached hydrogen (secondary N) is 1. The van der Waals surface area contributed by atoms with Gasteiger partial charge in [-0.2, -0.15) is 0 Å². The highest BCUT2D eigenvalue weighted by atomic mass is 32.1. The second-order valence-electron chi connectivity index (χ2n) is 5.46. The van der Waals surface area contributed by atoms with Crippen molar-refractivity contribution in [2.75, 3.05) is 5.32 Å². The zero-order valence-corrected chi connectivity index (χ0v) is 13.5. The second-order valence-corrected chi connectivity index (χ2v) is 6.38. The number of aryl methyl sites for hydroxylation is 1. The van der Waals surface area contributed by atoms with Crippen LogP contribution in [0.25, 0.3) is 16.9 Å². The van der Waals surface area contributed by atoms with Crippen molar-refractivity contribution in [3.8, 4) is 11.3 Å². The van der Waals surface area contributed by atoms with Gasteiger partial charge in [0.15, 0.2) is 0 Å².